The molecule has 0 spiro atoms. The summed E-state index contributed by atoms with van der Waals surface area (Å²) in [6.45, 7) is 9.43. The maximum Gasteiger partial charge on any atom is 0.261 e. The van der Waals surface area contributed by atoms with E-state index in [2.05, 4.69) is 76.2 Å². The lowest BCUT2D eigenvalue weighted by Gasteiger charge is -2.43. The maximum atomic E-state index is 13.3. The minimum Gasteiger partial charge on any atom is -0.497 e. The van der Waals surface area contributed by atoms with Crippen LogP contribution in [0.2, 0.25) is 5.04 Å². The summed E-state index contributed by atoms with van der Waals surface area (Å²) in [7, 11) is -1.12. The van der Waals surface area contributed by atoms with E-state index < -0.39 is 8.32 Å². The summed E-state index contributed by atoms with van der Waals surface area (Å²) < 4.78 is 23.9. The molecule has 3 aromatic rings. The minimum absolute atomic E-state index is 0.0586. The van der Waals surface area contributed by atoms with Crippen LogP contribution in [0.4, 0.5) is 0 Å². The second kappa shape index (κ2) is 14.3. The summed E-state index contributed by atoms with van der Waals surface area (Å²) >= 11 is 0. The lowest BCUT2D eigenvalue weighted by atomic mass is 10.0. The Kier molecular flexibility index (Phi) is 11.1. The van der Waals surface area contributed by atoms with Gasteiger partial charge in [0, 0.05) is 13.0 Å². The Bertz CT molecular complexity index is 1050. The van der Waals surface area contributed by atoms with Gasteiger partial charge in [0.2, 0.25) is 0 Å². The molecule has 1 atom stereocenters. The molecule has 0 heterocycles. The summed E-state index contributed by atoms with van der Waals surface area (Å²) in [5.41, 5.74) is 0. The first kappa shape index (κ1) is 29.6. The molecule has 38 heavy (non-hydrogen) atoms. The highest BCUT2D eigenvalue weighted by Gasteiger charge is 2.50. The maximum absolute atomic E-state index is 13.3. The molecule has 0 fully saturated rings. The van der Waals surface area contributed by atoms with Crippen LogP contribution in [0.5, 0.6) is 11.5 Å². The number of unbranched alkanes of at least 4 members (excludes halogenated alkanes) is 1. The summed E-state index contributed by atoms with van der Waals surface area (Å²) in [6, 6.07) is 28.3. The number of benzene rings is 3. The molecule has 0 aliphatic carbocycles. The SMILES string of the molecule is CCCCC(=O)[C@@H](COCOc1ccc(OC)cc1)CO[Si](c1ccccc1)(c1ccccc1)C(C)(C)C. The fourth-order valence-electron chi connectivity index (χ4n) is 4.75. The van der Waals surface area contributed by atoms with Crippen LogP contribution in [0.1, 0.15) is 47.0 Å². The van der Waals surface area contributed by atoms with Gasteiger partial charge >= 0.3 is 0 Å². The van der Waals surface area contributed by atoms with E-state index in [0.29, 0.717) is 18.8 Å². The van der Waals surface area contributed by atoms with Crippen molar-refractivity contribution in [2.24, 2.45) is 5.92 Å². The molecule has 0 radical (unpaired) electrons. The predicted molar refractivity (Wildman–Crippen MR) is 156 cm³/mol. The summed E-state index contributed by atoms with van der Waals surface area (Å²) in [6.07, 6.45) is 2.35. The van der Waals surface area contributed by atoms with Gasteiger partial charge < -0.3 is 18.6 Å². The molecule has 204 valence electrons. The van der Waals surface area contributed by atoms with E-state index >= 15 is 0 Å². The molecule has 0 saturated heterocycles. The number of hydrogen-bond acceptors (Lipinski definition) is 5. The van der Waals surface area contributed by atoms with Crippen molar-refractivity contribution in [1.29, 1.82) is 0 Å². The third kappa shape index (κ3) is 7.56. The van der Waals surface area contributed by atoms with Crippen LogP contribution in [0.15, 0.2) is 84.9 Å². The fraction of sp³-hybridized carbons (Fsp3) is 0.406. The van der Waals surface area contributed by atoms with Crippen molar-refractivity contribution in [2.45, 2.75) is 52.0 Å². The minimum atomic E-state index is -2.75. The molecule has 6 heteroatoms. The summed E-state index contributed by atoms with van der Waals surface area (Å²) in [4.78, 5) is 13.3. The summed E-state index contributed by atoms with van der Waals surface area (Å²) in [5, 5.41) is 2.23. The smallest absolute Gasteiger partial charge is 0.261 e. The van der Waals surface area contributed by atoms with Crippen LogP contribution < -0.4 is 19.8 Å². The Morgan fingerprint density at radius 1 is 0.816 bits per heavy atom. The third-order valence-electron chi connectivity index (χ3n) is 6.84. The lowest BCUT2D eigenvalue weighted by molar-refractivity contribution is -0.127. The monoisotopic (exact) mass is 534 g/mol. The number of ether oxygens (including phenoxy) is 3. The molecule has 3 aromatic carbocycles. The molecule has 0 bridgehead atoms. The molecular formula is C32H42O5Si. The van der Waals surface area contributed by atoms with Crippen molar-refractivity contribution in [3.63, 3.8) is 0 Å². The quantitative estimate of drug-likeness (QED) is 0.136. The number of Topliss-reactive ketones (excluding diaryl/α,β-unsaturated/α-hetero) is 1. The van der Waals surface area contributed by atoms with Gasteiger partial charge in [-0.05, 0) is 46.1 Å². The second-order valence-electron chi connectivity index (χ2n) is 10.5. The molecule has 3 rings (SSSR count). The third-order valence-corrected chi connectivity index (χ3v) is 11.8. The molecule has 5 nitrogen and oxygen atoms in total. The zero-order valence-corrected chi connectivity index (χ0v) is 24.4. The van der Waals surface area contributed by atoms with Gasteiger partial charge in [0.05, 0.1) is 19.6 Å². The number of rotatable bonds is 15. The van der Waals surface area contributed by atoms with Gasteiger partial charge in [0.25, 0.3) is 8.32 Å². The largest absolute Gasteiger partial charge is 0.497 e. The van der Waals surface area contributed by atoms with Gasteiger partial charge in [0.15, 0.2) is 6.79 Å². The van der Waals surface area contributed by atoms with E-state index in [9.17, 15) is 4.79 Å². The van der Waals surface area contributed by atoms with Gasteiger partial charge in [-0.1, -0.05) is 94.8 Å². The van der Waals surface area contributed by atoms with Crippen LogP contribution in [0.3, 0.4) is 0 Å². The zero-order valence-electron chi connectivity index (χ0n) is 23.4. The van der Waals surface area contributed by atoms with E-state index in [1.165, 1.54) is 10.4 Å². The van der Waals surface area contributed by atoms with Crippen LogP contribution >= 0.6 is 0 Å². The number of carbonyl (C=O) groups is 1. The molecule has 0 N–H and O–H groups in total. The van der Waals surface area contributed by atoms with Crippen molar-refractivity contribution in [1.82, 2.24) is 0 Å². The van der Waals surface area contributed by atoms with Gasteiger partial charge in [-0.25, -0.2) is 0 Å². The molecule has 0 aliphatic heterocycles. The standard InChI is InChI=1S/C32H42O5Si/c1-6-7-18-31(33)26(23-35-25-36-28-21-19-27(34-5)20-22-28)24-37-38(32(2,3)4,29-14-10-8-11-15-29)30-16-12-9-13-17-30/h8-17,19-22,26H,6-7,18,23-25H2,1-5H3/t26-/m0/s1. The van der Waals surface area contributed by atoms with E-state index in [1.807, 2.05) is 36.4 Å². The first-order chi connectivity index (χ1) is 18.3. The zero-order chi connectivity index (χ0) is 27.4. The topological polar surface area (TPSA) is 54.0 Å². The summed E-state index contributed by atoms with van der Waals surface area (Å²) in [5.74, 6) is 1.25. The Hall–Kier alpha value is -2.93. The van der Waals surface area contributed by atoms with E-state index in [0.717, 1.165) is 18.6 Å². The average molecular weight is 535 g/mol. The van der Waals surface area contributed by atoms with Crippen molar-refractivity contribution in [3.8, 4) is 11.5 Å². The fourth-order valence-corrected chi connectivity index (χ4v) is 9.35. The van der Waals surface area contributed by atoms with E-state index in [4.69, 9.17) is 18.6 Å². The number of ketones is 1. The highest BCUT2D eigenvalue weighted by molar-refractivity contribution is 6.99. The van der Waals surface area contributed by atoms with Crippen LogP contribution in [-0.4, -0.2) is 41.2 Å². The Balaban J connectivity index is 1.80. The molecule has 0 amide bonds. The molecule has 0 aromatic heterocycles. The Labute approximate surface area is 229 Å². The molecule has 0 unspecified atom stereocenters. The lowest BCUT2D eigenvalue weighted by Crippen LogP contribution is -2.67. The normalized spacial score (nSPS) is 12.7. The van der Waals surface area contributed by atoms with E-state index in [1.54, 1.807) is 7.11 Å². The Morgan fingerprint density at radius 3 is 1.87 bits per heavy atom. The van der Waals surface area contributed by atoms with Gasteiger partial charge in [-0.2, -0.15) is 0 Å². The van der Waals surface area contributed by atoms with Gasteiger partial charge in [-0.15, -0.1) is 0 Å². The molecular weight excluding hydrogens is 492 g/mol. The van der Waals surface area contributed by atoms with Crippen LogP contribution in [0.25, 0.3) is 0 Å². The van der Waals surface area contributed by atoms with Gasteiger partial charge in [0.1, 0.15) is 17.3 Å². The Morgan fingerprint density at radius 2 is 1.37 bits per heavy atom. The second-order valence-corrected chi connectivity index (χ2v) is 14.9. The van der Waals surface area contributed by atoms with Crippen molar-refractivity contribution < 1.29 is 23.4 Å². The van der Waals surface area contributed by atoms with Crippen molar-refractivity contribution in [2.75, 3.05) is 27.1 Å². The number of methoxy groups -OCH3 is 1. The van der Waals surface area contributed by atoms with Gasteiger partial charge in [-0.3, -0.25) is 4.79 Å². The van der Waals surface area contributed by atoms with Crippen LogP contribution in [-0.2, 0) is 14.0 Å². The van der Waals surface area contributed by atoms with Crippen molar-refractivity contribution >= 4 is 24.5 Å². The average Bonchev–Trinajstić information content (AvgIpc) is 2.93. The first-order valence-corrected chi connectivity index (χ1v) is 15.3. The number of carbonyl (C=O) groups excluding carboxylic acids is 1. The molecule has 0 saturated carbocycles. The first-order valence-electron chi connectivity index (χ1n) is 13.4. The predicted octanol–water partition coefficient (Wildman–Crippen LogP) is 6.00. The molecule has 0 aliphatic rings. The highest BCUT2D eigenvalue weighted by atomic mass is 28.4. The number of hydrogen-bond donors (Lipinski definition) is 0. The van der Waals surface area contributed by atoms with Crippen molar-refractivity contribution in [3.05, 3.63) is 84.9 Å². The van der Waals surface area contributed by atoms with E-state index in [-0.39, 0.29) is 30.1 Å². The van der Waals surface area contributed by atoms with Crippen LogP contribution in [0, 0.1) is 5.92 Å². The highest BCUT2D eigenvalue weighted by Crippen LogP contribution is 2.37.